The van der Waals surface area contributed by atoms with E-state index < -0.39 is 18.0 Å². The summed E-state index contributed by atoms with van der Waals surface area (Å²) in [6.07, 6.45) is 1.79. The lowest BCUT2D eigenvalue weighted by Gasteiger charge is -2.25. The summed E-state index contributed by atoms with van der Waals surface area (Å²) < 4.78 is 18.5. The number of thiazole rings is 1. The fourth-order valence-corrected chi connectivity index (χ4v) is 5.12. The van der Waals surface area contributed by atoms with Gasteiger partial charge in [-0.1, -0.05) is 45.5 Å². The van der Waals surface area contributed by atoms with Crippen molar-refractivity contribution >= 4 is 45.3 Å². The summed E-state index contributed by atoms with van der Waals surface area (Å²) in [7, 11) is 2.72. The first-order chi connectivity index (χ1) is 16.7. The van der Waals surface area contributed by atoms with E-state index in [2.05, 4.69) is 20.9 Å². The van der Waals surface area contributed by atoms with Crippen molar-refractivity contribution in [3.8, 4) is 11.5 Å². The highest BCUT2D eigenvalue weighted by atomic mass is 79.9. The minimum Gasteiger partial charge on any atom is -0.493 e. The molecule has 0 saturated heterocycles. The molecule has 10 heteroatoms. The molecule has 0 fully saturated rings. The Bertz CT molecular complexity index is 1540. The molecule has 3 aromatic rings. The normalized spacial score (nSPS) is 15.3. The van der Waals surface area contributed by atoms with Crippen LogP contribution < -0.4 is 24.4 Å². The van der Waals surface area contributed by atoms with Gasteiger partial charge >= 0.3 is 11.9 Å². The molecule has 0 amide bonds. The van der Waals surface area contributed by atoms with Crippen molar-refractivity contribution in [3.63, 3.8) is 0 Å². The van der Waals surface area contributed by atoms with E-state index in [0.717, 1.165) is 10.0 Å². The van der Waals surface area contributed by atoms with Gasteiger partial charge < -0.3 is 14.2 Å². The molecule has 0 N–H and O–H groups in total. The Hall–Kier alpha value is -3.50. The highest BCUT2D eigenvalue weighted by molar-refractivity contribution is 9.10. The molecule has 180 valence electrons. The largest absolute Gasteiger partial charge is 0.493 e. The SMILES string of the molecule is COC(=O)C1=C(C)N=c2s/c(=C\c3ccc(Br)cc3)c(=O)n2C1c1ccc(OC(C)=O)c(OC)c1. The molecular formula is C25H21BrN2O6S. The molecule has 2 heterocycles. The average molecular weight is 557 g/mol. The first-order valence-corrected chi connectivity index (χ1v) is 12.1. The fourth-order valence-electron chi connectivity index (χ4n) is 3.81. The van der Waals surface area contributed by atoms with E-state index in [0.29, 0.717) is 20.6 Å². The zero-order valence-electron chi connectivity index (χ0n) is 19.3. The zero-order valence-corrected chi connectivity index (χ0v) is 21.7. The topological polar surface area (TPSA) is 96.2 Å². The van der Waals surface area contributed by atoms with E-state index in [1.807, 2.05) is 24.3 Å². The second-order valence-corrected chi connectivity index (χ2v) is 9.55. The zero-order chi connectivity index (χ0) is 25.3. The lowest BCUT2D eigenvalue weighted by atomic mass is 9.95. The van der Waals surface area contributed by atoms with Crippen LogP contribution in [0.3, 0.4) is 0 Å². The Kier molecular flexibility index (Phi) is 7.04. The van der Waals surface area contributed by atoms with Crippen molar-refractivity contribution in [1.29, 1.82) is 0 Å². The summed E-state index contributed by atoms with van der Waals surface area (Å²) >= 11 is 4.65. The molecule has 1 aromatic heterocycles. The summed E-state index contributed by atoms with van der Waals surface area (Å²) in [6, 6.07) is 11.6. The van der Waals surface area contributed by atoms with E-state index in [1.54, 1.807) is 31.2 Å². The van der Waals surface area contributed by atoms with Crippen molar-refractivity contribution in [3.05, 3.63) is 89.0 Å². The second-order valence-electron chi connectivity index (χ2n) is 7.63. The first-order valence-electron chi connectivity index (χ1n) is 10.5. The van der Waals surface area contributed by atoms with Gasteiger partial charge in [0.15, 0.2) is 16.3 Å². The standard InChI is InChI=1S/C25H21BrN2O6S/c1-13-21(24(31)33-4)22(16-7-10-18(34-14(2)29)19(12-16)32-3)28-23(30)20(35-25(28)27-13)11-15-5-8-17(26)9-6-15/h5-12,22H,1-4H3/b20-11-. The third kappa shape index (κ3) is 4.85. The lowest BCUT2D eigenvalue weighted by molar-refractivity contribution is -0.136. The summed E-state index contributed by atoms with van der Waals surface area (Å²) in [4.78, 5) is 42.9. The number of hydrogen-bond acceptors (Lipinski definition) is 8. The molecule has 0 saturated carbocycles. The Morgan fingerprint density at radius 2 is 1.83 bits per heavy atom. The minimum absolute atomic E-state index is 0.228. The van der Waals surface area contributed by atoms with Gasteiger partial charge in [0, 0.05) is 11.4 Å². The number of nitrogens with zero attached hydrogens (tertiary/aromatic N) is 2. The molecule has 1 aliphatic heterocycles. The Labute approximate surface area is 212 Å². The van der Waals surface area contributed by atoms with Crippen molar-refractivity contribution in [2.45, 2.75) is 19.9 Å². The van der Waals surface area contributed by atoms with Crippen LogP contribution in [0, 0.1) is 0 Å². The van der Waals surface area contributed by atoms with Gasteiger partial charge in [-0.15, -0.1) is 0 Å². The maximum Gasteiger partial charge on any atom is 0.338 e. The number of ether oxygens (including phenoxy) is 3. The number of esters is 2. The molecule has 1 aliphatic rings. The second kappa shape index (κ2) is 10.0. The van der Waals surface area contributed by atoms with Crippen LogP contribution in [0.25, 0.3) is 6.08 Å². The highest BCUT2D eigenvalue weighted by Gasteiger charge is 2.33. The molecule has 0 radical (unpaired) electrons. The number of fused-ring (bicyclic) bond motifs is 1. The number of halogens is 1. The van der Waals surface area contributed by atoms with E-state index in [9.17, 15) is 14.4 Å². The lowest BCUT2D eigenvalue weighted by Crippen LogP contribution is -2.39. The third-order valence-electron chi connectivity index (χ3n) is 5.35. The minimum atomic E-state index is -0.814. The number of hydrogen-bond donors (Lipinski definition) is 0. The predicted octanol–water partition coefficient (Wildman–Crippen LogP) is 3.10. The van der Waals surface area contributed by atoms with Crippen LogP contribution in [0.2, 0.25) is 0 Å². The van der Waals surface area contributed by atoms with Crippen LogP contribution in [0.4, 0.5) is 0 Å². The average Bonchev–Trinajstić information content (AvgIpc) is 3.13. The molecule has 35 heavy (non-hydrogen) atoms. The molecule has 0 bridgehead atoms. The van der Waals surface area contributed by atoms with Crippen LogP contribution in [-0.2, 0) is 14.3 Å². The van der Waals surface area contributed by atoms with E-state index >= 15 is 0 Å². The van der Waals surface area contributed by atoms with E-state index in [1.165, 1.54) is 37.0 Å². The summed E-state index contributed by atoms with van der Waals surface area (Å²) in [5.74, 6) is -0.579. The van der Waals surface area contributed by atoms with Crippen LogP contribution >= 0.6 is 27.3 Å². The van der Waals surface area contributed by atoms with Crippen LogP contribution in [0.1, 0.15) is 31.0 Å². The maximum absolute atomic E-state index is 13.6. The number of aromatic nitrogens is 1. The Balaban J connectivity index is 1.95. The van der Waals surface area contributed by atoms with Crippen LogP contribution in [0.5, 0.6) is 11.5 Å². The van der Waals surface area contributed by atoms with Gasteiger partial charge in [0.05, 0.1) is 36.1 Å². The molecule has 8 nitrogen and oxygen atoms in total. The molecule has 0 aliphatic carbocycles. The van der Waals surface area contributed by atoms with Gasteiger partial charge in [0.1, 0.15) is 0 Å². The number of carbonyl (C=O) groups excluding carboxylic acids is 2. The molecule has 0 spiro atoms. The summed E-state index contributed by atoms with van der Waals surface area (Å²) in [5, 5.41) is 0. The van der Waals surface area contributed by atoms with Gasteiger partial charge in [-0.25, -0.2) is 9.79 Å². The van der Waals surface area contributed by atoms with Crippen molar-refractivity contribution in [2.75, 3.05) is 14.2 Å². The quantitative estimate of drug-likeness (QED) is 0.354. The monoisotopic (exact) mass is 556 g/mol. The number of rotatable bonds is 5. The third-order valence-corrected chi connectivity index (χ3v) is 6.86. The Morgan fingerprint density at radius 3 is 2.46 bits per heavy atom. The molecule has 1 atom stereocenters. The number of carbonyl (C=O) groups is 2. The first kappa shape index (κ1) is 24.6. The summed E-state index contributed by atoms with van der Waals surface area (Å²) in [6.45, 7) is 2.99. The molecule has 2 aromatic carbocycles. The molecule has 4 rings (SSSR count). The van der Waals surface area contributed by atoms with Crippen molar-refractivity contribution in [2.24, 2.45) is 4.99 Å². The van der Waals surface area contributed by atoms with Crippen molar-refractivity contribution in [1.82, 2.24) is 4.57 Å². The highest BCUT2D eigenvalue weighted by Crippen LogP contribution is 2.36. The van der Waals surface area contributed by atoms with Gasteiger partial charge in [0.2, 0.25) is 0 Å². The number of benzene rings is 2. The van der Waals surface area contributed by atoms with Crippen LogP contribution in [0.15, 0.2) is 68.0 Å². The number of methoxy groups -OCH3 is 2. The molecule has 1 unspecified atom stereocenters. The maximum atomic E-state index is 13.6. The van der Waals surface area contributed by atoms with E-state index in [4.69, 9.17) is 14.2 Å². The predicted molar refractivity (Wildman–Crippen MR) is 134 cm³/mol. The Morgan fingerprint density at radius 1 is 1.11 bits per heavy atom. The summed E-state index contributed by atoms with van der Waals surface area (Å²) in [5.41, 5.74) is 1.81. The molecular weight excluding hydrogens is 536 g/mol. The van der Waals surface area contributed by atoms with E-state index in [-0.39, 0.29) is 22.6 Å². The van der Waals surface area contributed by atoms with Gasteiger partial charge in [-0.05, 0) is 48.4 Å². The van der Waals surface area contributed by atoms with Gasteiger partial charge in [0.25, 0.3) is 5.56 Å². The van der Waals surface area contributed by atoms with Gasteiger partial charge in [-0.3, -0.25) is 14.2 Å². The van der Waals surface area contributed by atoms with Gasteiger partial charge in [-0.2, -0.15) is 0 Å². The van der Waals surface area contributed by atoms with Crippen molar-refractivity contribution < 1.29 is 23.8 Å². The fraction of sp³-hybridized carbons (Fsp3) is 0.200. The number of allylic oxidation sites excluding steroid dienone is 1. The van der Waals surface area contributed by atoms with Crippen LogP contribution in [-0.4, -0.2) is 30.7 Å². The smallest absolute Gasteiger partial charge is 0.338 e.